The number of nitrogens with zero attached hydrogens (tertiary/aromatic N) is 2. The van der Waals surface area contributed by atoms with Crippen molar-refractivity contribution in [1.82, 2.24) is 13.9 Å². The van der Waals surface area contributed by atoms with Crippen LogP contribution < -0.4 is 10.6 Å². The van der Waals surface area contributed by atoms with E-state index in [1.165, 1.54) is 18.4 Å². The normalized spacial score (nSPS) is 18.3. The zero-order valence-corrected chi connectivity index (χ0v) is 17.8. The molecule has 28 heavy (non-hydrogen) atoms. The third kappa shape index (κ3) is 5.52. The van der Waals surface area contributed by atoms with Crippen molar-refractivity contribution in [2.24, 2.45) is 11.8 Å². The smallest absolute Gasteiger partial charge is 0.281 e. The summed E-state index contributed by atoms with van der Waals surface area (Å²) in [4.78, 5) is 25.2. The van der Waals surface area contributed by atoms with Crippen molar-refractivity contribution in [3.63, 3.8) is 0 Å². The summed E-state index contributed by atoms with van der Waals surface area (Å²) in [5.41, 5.74) is 0.825. The summed E-state index contributed by atoms with van der Waals surface area (Å²) in [5.74, 6) is -0.666. The number of amides is 2. The van der Waals surface area contributed by atoms with E-state index in [4.69, 9.17) is 0 Å². The maximum Gasteiger partial charge on any atom is 0.281 e. The fraction of sp³-hybridized carbons (Fsp3) is 0.579. The third-order valence-corrected chi connectivity index (χ3v) is 6.55. The molecule has 1 aliphatic heterocycles. The third-order valence-electron chi connectivity index (χ3n) is 4.64. The van der Waals surface area contributed by atoms with Gasteiger partial charge in [-0.1, -0.05) is 26.0 Å². The van der Waals surface area contributed by atoms with Crippen LogP contribution in [0.1, 0.15) is 37.0 Å². The second kappa shape index (κ2) is 9.49. The Morgan fingerprint density at radius 3 is 2.57 bits per heavy atom. The van der Waals surface area contributed by atoms with E-state index < -0.39 is 16.1 Å². The van der Waals surface area contributed by atoms with Gasteiger partial charge in [-0.05, 0) is 30.9 Å². The van der Waals surface area contributed by atoms with Gasteiger partial charge in [0.05, 0.1) is 17.2 Å². The first-order valence-electron chi connectivity index (χ1n) is 9.48. The predicted octanol–water partition coefficient (Wildman–Crippen LogP) is 1.53. The molecule has 0 unspecified atom stereocenters. The average Bonchev–Trinajstić information content (AvgIpc) is 2.66. The number of hydrogen-bond donors (Lipinski definition) is 2. The van der Waals surface area contributed by atoms with E-state index >= 15 is 0 Å². The van der Waals surface area contributed by atoms with Crippen LogP contribution in [-0.2, 0) is 15.0 Å². The highest BCUT2D eigenvalue weighted by molar-refractivity contribution is 7.86. The minimum absolute atomic E-state index is 0.133. The molecule has 0 bridgehead atoms. The van der Waals surface area contributed by atoms with Gasteiger partial charge in [-0.2, -0.15) is 17.0 Å². The molecule has 1 heterocycles. The Morgan fingerprint density at radius 2 is 1.93 bits per heavy atom. The Balaban J connectivity index is 2.10. The van der Waals surface area contributed by atoms with E-state index in [1.807, 2.05) is 13.8 Å². The second-order valence-corrected chi connectivity index (χ2v) is 9.77. The summed E-state index contributed by atoms with van der Waals surface area (Å²) in [6.07, 6.45) is 1.22. The Bertz CT molecular complexity index is 808. The number of benzene rings is 1. The molecule has 0 radical (unpaired) electrons. The lowest BCUT2D eigenvalue weighted by Crippen LogP contribution is -2.47. The lowest BCUT2D eigenvalue weighted by Gasteiger charge is -2.32. The summed E-state index contributed by atoms with van der Waals surface area (Å²) in [7, 11) is -0.599. The van der Waals surface area contributed by atoms with Crippen LogP contribution in [0.3, 0.4) is 0 Å². The van der Waals surface area contributed by atoms with Crippen LogP contribution in [0, 0.1) is 11.8 Å². The number of para-hydroxylation sites is 1. The molecule has 8 nitrogen and oxygen atoms in total. The van der Waals surface area contributed by atoms with E-state index in [1.54, 1.807) is 24.3 Å². The number of carbonyl (C=O) groups is 2. The van der Waals surface area contributed by atoms with Gasteiger partial charge in [0.2, 0.25) is 5.91 Å². The minimum Gasteiger partial charge on any atom is -0.352 e. The number of carbonyl (C=O) groups excluding carboxylic acids is 2. The van der Waals surface area contributed by atoms with E-state index in [0.717, 1.165) is 4.31 Å². The Morgan fingerprint density at radius 1 is 1.25 bits per heavy atom. The molecule has 1 aromatic carbocycles. The zero-order valence-electron chi connectivity index (χ0n) is 16.9. The molecule has 1 fully saturated rings. The number of rotatable bonds is 7. The maximum atomic E-state index is 12.8. The number of nitrogens with one attached hydrogen (secondary N) is 2. The first kappa shape index (κ1) is 22.3. The monoisotopic (exact) mass is 410 g/mol. The second-order valence-electron chi connectivity index (χ2n) is 7.63. The molecule has 0 spiro atoms. The Labute approximate surface area is 167 Å². The van der Waals surface area contributed by atoms with Crippen molar-refractivity contribution < 1.29 is 18.0 Å². The van der Waals surface area contributed by atoms with E-state index in [0.29, 0.717) is 43.1 Å². The number of piperidine rings is 1. The highest BCUT2D eigenvalue weighted by Gasteiger charge is 2.33. The molecule has 1 atom stereocenters. The maximum absolute atomic E-state index is 12.8. The van der Waals surface area contributed by atoms with Crippen molar-refractivity contribution in [3.8, 4) is 0 Å². The molecular formula is C19H30N4O4S. The van der Waals surface area contributed by atoms with Crippen molar-refractivity contribution in [2.75, 3.05) is 39.0 Å². The van der Waals surface area contributed by atoms with Gasteiger partial charge < -0.3 is 10.6 Å². The SMILES string of the molecule is CC(C)CNC(=O)c1ccccc1NC(=O)[C@@H]1CCCN(S(=O)(=O)N(C)C)C1. The van der Waals surface area contributed by atoms with Gasteiger partial charge in [-0.3, -0.25) is 9.59 Å². The molecule has 9 heteroatoms. The minimum atomic E-state index is -3.55. The molecule has 1 aliphatic rings. The molecule has 2 rings (SSSR count). The predicted molar refractivity (Wildman–Crippen MR) is 109 cm³/mol. The molecule has 2 N–H and O–H groups in total. The van der Waals surface area contributed by atoms with Crippen LogP contribution in [0.2, 0.25) is 0 Å². The summed E-state index contributed by atoms with van der Waals surface area (Å²) < 4.78 is 27.2. The quantitative estimate of drug-likeness (QED) is 0.712. The number of anilines is 1. The molecule has 1 saturated heterocycles. The summed E-state index contributed by atoms with van der Waals surface area (Å²) in [6.45, 7) is 5.09. The number of hydrogen-bond acceptors (Lipinski definition) is 4. The highest BCUT2D eigenvalue weighted by atomic mass is 32.2. The summed E-state index contributed by atoms with van der Waals surface area (Å²) >= 11 is 0. The molecule has 0 aliphatic carbocycles. The van der Waals surface area contributed by atoms with Gasteiger partial charge in [-0.15, -0.1) is 0 Å². The lowest BCUT2D eigenvalue weighted by atomic mass is 9.98. The van der Waals surface area contributed by atoms with E-state index in [9.17, 15) is 18.0 Å². The van der Waals surface area contributed by atoms with Gasteiger partial charge >= 0.3 is 0 Å². The molecule has 156 valence electrons. The van der Waals surface area contributed by atoms with Crippen LogP contribution in [0.4, 0.5) is 5.69 Å². The topological polar surface area (TPSA) is 98.8 Å². The largest absolute Gasteiger partial charge is 0.352 e. The van der Waals surface area contributed by atoms with Crippen LogP contribution >= 0.6 is 0 Å². The molecular weight excluding hydrogens is 380 g/mol. The highest BCUT2D eigenvalue weighted by Crippen LogP contribution is 2.23. The Hall–Kier alpha value is -1.97. The molecule has 0 aromatic heterocycles. The van der Waals surface area contributed by atoms with E-state index in [-0.39, 0.29) is 18.4 Å². The van der Waals surface area contributed by atoms with Gasteiger partial charge in [0, 0.05) is 33.7 Å². The standard InChI is InChI=1S/C19H30N4O4S/c1-14(2)12-20-19(25)16-9-5-6-10-17(16)21-18(24)15-8-7-11-23(13-15)28(26,27)22(3)4/h5-6,9-10,14-15H,7-8,11-13H2,1-4H3,(H,20,25)(H,21,24)/t15-/m1/s1. The van der Waals surface area contributed by atoms with Gasteiger partial charge in [0.15, 0.2) is 0 Å². The van der Waals surface area contributed by atoms with Gasteiger partial charge in [-0.25, -0.2) is 0 Å². The molecule has 0 saturated carbocycles. The van der Waals surface area contributed by atoms with Crippen molar-refractivity contribution >= 4 is 27.7 Å². The fourth-order valence-electron chi connectivity index (χ4n) is 3.01. The molecule has 1 aromatic rings. The first-order valence-corrected chi connectivity index (χ1v) is 10.9. The van der Waals surface area contributed by atoms with Crippen molar-refractivity contribution in [2.45, 2.75) is 26.7 Å². The fourth-order valence-corrected chi connectivity index (χ4v) is 4.20. The van der Waals surface area contributed by atoms with Gasteiger partial charge in [0.1, 0.15) is 0 Å². The zero-order chi connectivity index (χ0) is 20.9. The van der Waals surface area contributed by atoms with Gasteiger partial charge in [0.25, 0.3) is 16.1 Å². The molecule has 2 amide bonds. The summed E-state index contributed by atoms with van der Waals surface area (Å²) in [5, 5.41) is 5.66. The Kier molecular flexibility index (Phi) is 7.56. The average molecular weight is 411 g/mol. The lowest BCUT2D eigenvalue weighted by molar-refractivity contribution is -0.120. The van der Waals surface area contributed by atoms with Crippen LogP contribution in [0.5, 0.6) is 0 Å². The van der Waals surface area contributed by atoms with Crippen LogP contribution in [0.15, 0.2) is 24.3 Å². The first-order chi connectivity index (χ1) is 13.1. The van der Waals surface area contributed by atoms with Crippen molar-refractivity contribution in [1.29, 1.82) is 0 Å². The summed E-state index contributed by atoms with van der Waals surface area (Å²) in [6, 6.07) is 6.83. The van der Waals surface area contributed by atoms with Crippen LogP contribution in [-0.4, -0.2) is 62.6 Å². The van der Waals surface area contributed by atoms with Crippen LogP contribution in [0.25, 0.3) is 0 Å². The van der Waals surface area contributed by atoms with E-state index in [2.05, 4.69) is 10.6 Å². The van der Waals surface area contributed by atoms with Crippen molar-refractivity contribution in [3.05, 3.63) is 29.8 Å².